The van der Waals surface area contributed by atoms with Crippen LogP contribution in [0.4, 0.5) is 10.8 Å². The molecule has 0 saturated carbocycles. The van der Waals surface area contributed by atoms with Crippen molar-refractivity contribution < 1.29 is 14.5 Å². The molecule has 0 aliphatic heterocycles. The molecule has 1 amide bonds. The fourth-order valence-electron chi connectivity index (χ4n) is 2.10. The fourth-order valence-corrected chi connectivity index (χ4v) is 3.17. The number of fused-ring (bicyclic) bond motifs is 1. The molecule has 0 aliphatic carbocycles. The number of carbonyl (C=O) groups excluding carboxylic acids is 1. The summed E-state index contributed by atoms with van der Waals surface area (Å²) in [5.41, 5.74) is 0.440. The molecular weight excluding hydrogens is 354 g/mol. The Morgan fingerprint density at radius 2 is 2.17 bits per heavy atom. The van der Waals surface area contributed by atoms with Crippen LogP contribution in [-0.2, 0) is 0 Å². The Balaban J connectivity index is 1.90. The molecule has 0 fully saturated rings. The molecule has 3 aromatic rings. The maximum atomic E-state index is 12.3. The van der Waals surface area contributed by atoms with Gasteiger partial charge >= 0.3 is 0 Å². The van der Waals surface area contributed by atoms with Gasteiger partial charge < -0.3 is 4.74 Å². The number of para-hydroxylation sites is 1. The van der Waals surface area contributed by atoms with Gasteiger partial charge in [-0.25, -0.2) is 4.98 Å². The van der Waals surface area contributed by atoms with Crippen molar-refractivity contribution in [2.24, 2.45) is 0 Å². The minimum absolute atomic E-state index is 0.0266. The summed E-state index contributed by atoms with van der Waals surface area (Å²) in [6.45, 7) is 0. The second kappa shape index (κ2) is 6.42. The molecule has 122 valence electrons. The number of aromatic nitrogens is 1. The van der Waals surface area contributed by atoms with Crippen molar-refractivity contribution in [1.29, 1.82) is 0 Å². The molecule has 1 aromatic heterocycles. The van der Waals surface area contributed by atoms with Gasteiger partial charge in [0.25, 0.3) is 11.6 Å². The Morgan fingerprint density at radius 1 is 1.38 bits per heavy atom. The number of anilines is 1. The van der Waals surface area contributed by atoms with Crippen molar-refractivity contribution in [2.45, 2.75) is 0 Å². The molecule has 0 aliphatic rings. The first kappa shape index (κ1) is 16.2. The van der Waals surface area contributed by atoms with E-state index in [1.54, 1.807) is 13.2 Å². The number of rotatable bonds is 4. The standard InChI is InChI=1S/C15H10ClN3O4S/c1-23-11-3-2-4-12-13(11)17-15(24-12)18-14(20)8-5-6-9(16)10(7-8)19(21)22/h2-7H,1H3,(H,17,18,20). The molecule has 9 heteroatoms. The molecule has 0 spiro atoms. The first-order valence-electron chi connectivity index (χ1n) is 6.68. The maximum absolute atomic E-state index is 12.3. The van der Waals surface area contributed by atoms with Gasteiger partial charge in [0, 0.05) is 11.6 Å². The molecule has 1 heterocycles. The highest BCUT2D eigenvalue weighted by molar-refractivity contribution is 7.22. The SMILES string of the molecule is COc1cccc2sc(NC(=O)c3ccc(Cl)c([N+](=O)[O-])c3)nc12. The van der Waals surface area contributed by atoms with Gasteiger partial charge in [0.1, 0.15) is 16.3 Å². The lowest BCUT2D eigenvalue weighted by Gasteiger charge is -2.02. The first-order chi connectivity index (χ1) is 11.5. The predicted octanol–water partition coefficient (Wildman–Crippen LogP) is 4.12. The summed E-state index contributed by atoms with van der Waals surface area (Å²) in [7, 11) is 1.54. The Labute approximate surface area is 145 Å². The van der Waals surface area contributed by atoms with E-state index in [1.807, 2.05) is 12.1 Å². The van der Waals surface area contributed by atoms with Crippen molar-refractivity contribution >= 4 is 49.9 Å². The van der Waals surface area contributed by atoms with Crippen LogP contribution in [0, 0.1) is 10.1 Å². The van der Waals surface area contributed by atoms with E-state index in [4.69, 9.17) is 16.3 Å². The van der Waals surface area contributed by atoms with Gasteiger partial charge in [0.15, 0.2) is 5.13 Å². The summed E-state index contributed by atoms with van der Waals surface area (Å²) in [5.74, 6) is 0.0965. The highest BCUT2D eigenvalue weighted by atomic mass is 35.5. The number of nitrogens with zero attached hydrogens (tertiary/aromatic N) is 2. The Hall–Kier alpha value is -2.71. The zero-order valence-corrected chi connectivity index (χ0v) is 13.9. The normalized spacial score (nSPS) is 10.6. The Bertz CT molecular complexity index is 957. The molecule has 1 N–H and O–H groups in total. The molecule has 3 rings (SSSR count). The number of nitro benzene ring substituents is 1. The third-order valence-corrected chi connectivity index (χ3v) is 4.48. The quantitative estimate of drug-likeness (QED) is 0.555. The third kappa shape index (κ3) is 3.01. The predicted molar refractivity (Wildman–Crippen MR) is 92.2 cm³/mol. The summed E-state index contributed by atoms with van der Waals surface area (Å²) in [6.07, 6.45) is 0. The third-order valence-electron chi connectivity index (χ3n) is 3.23. The molecule has 7 nitrogen and oxygen atoms in total. The maximum Gasteiger partial charge on any atom is 0.288 e. The van der Waals surface area contributed by atoms with Gasteiger partial charge in [0.2, 0.25) is 0 Å². The average molecular weight is 364 g/mol. The minimum Gasteiger partial charge on any atom is -0.494 e. The minimum atomic E-state index is -0.637. The summed E-state index contributed by atoms with van der Waals surface area (Å²) in [5, 5.41) is 13.9. The smallest absolute Gasteiger partial charge is 0.288 e. The number of hydrogen-bond donors (Lipinski definition) is 1. The van der Waals surface area contributed by atoms with Crippen molar-refractivity contribution in [2.75, 3.05) is 12.4 Å². The molecule has 0 radical (unpaired) electrons. The van der Waals surface area contributed by atoms with Crippen LogP contribution in [0.1, 0.15) is 10.4 Å². The van der Waals surface area contributed by atoms with Crippen molar-refractivity contribution in [3.8, 4) is 5.75 Å². The van der Waals surface area contributed by atoms with Gasteiger partial charge in [-0.05, 0) is 24.3 Å². The summed E-state index contributed by atoms with van der Waals surface area (Å²) < 4.78 is 6.08. The summed E-state index contributed by atoms with van der Waals surface area (Å²) in [4.78, 5) is 26.9. The topological polar surface area (TPSA) is 94.4 Å². The number of amides is 1. The number of ether oxygens (including phenoxy) is 1. The van der Waals surface area contributed by atoms with Crippen LogP contribution >= 0.6 is 22.9 Å². The molecule has 2 aromatic carbocycles. The highest BCUT2D eigenvalue weighted by Crippen LogP contribution is 2.32. The fraction of sp³-hybridized carbons (Fsp3) is 0.0667. The number of hydrogen-bond acceptors (Lipinski definition) is 6. The summed E-state index contributed by atoms with van der Waals surface area (Å²) in [6, 6.07) is 9.32. The van der Waals surface area contributed by atoms with Crippen LogP contribution in [0.25, 0.3) is 10.2 Å². The van der Waals surface area contributed by atoms with E-state index in [0.717, 1.165) is 10.8 Å². The van der Waals surface area contributed by atoms with Crippen molar-refractivity contribution in [1.82, 2.24) is 4.98 Å². The average Bonchev–Trinajstić information content (AvgIpc) is 2.97. The molecule has 0 saturated heterocycles. The van der Waals surface area contributed by atoms with E-state index in [0.29, 0.717) is 16.4 Å². The van der Waals surface area contributed by atoms with E-state index in [-0.39, 0.29) is 16.3 Å². The molecule has 0 unspecified atom stereocenters. The molecule has 0 bridgehead atoms. The van der Waals surface area contributed by atoms with E-state index in [1.165, 1.54) is 23.5 Å². The number of methoxy groups -OCH3 is 1. The van der Waals surface area contributed by atoms with E-state index in [2.05, 4.69) is 10.3 Å². The highest BCUT2D eigenvalue weighted by Gasteiger charge is 2.17. The first-order valence-corrected chi connectivity index (χ1v) is 7.88. The number of nitro groups is 1. The second-order valence-electron chi connectivity index (χ2n) is 4.70. The number of benzene rings is 2. The zero-order valence-electron chi connectivity index (χ0n) is 12.3. The van der Waals surface area contributed by atoms with Crippen molar-refractivity contribution in [3.63, 3.8) is 0 Å². The second-order valence-corrected chi connectivity index (χ2v) is 6.14. The zero-order chi connectivity index (χ0) is 17.3. The lowest BCUT2D eigenvalue weighted by molar-refractivity contribution is -0.384. The van der Waals surface area contributed by atoms with Gasteiger partial charge in [-0.2, -0.15) is 0 Å². The van der Waals surface area contributed by atoms with Gasteiger partial charge in [-0.15, -0.1) is 0 Å². The monoisotopic (exact) mass is 363 g/mol. The van der Waals surface area contributed by atoms with Gasteiger partial charge in [0.05, 0.1) is 16.7 Å². The number of thiazole rings is 1. The number of carbonyl (C=O) groups is 1. The molecule has 0 atom stereocenters. The van der Waals surface area contributed by atoms with Gasteiger partial charge in [-0.1, -0.05) is 29.0 Å². The Morgan fingerprint density at radius 3 is 2.88 bits per heavy atom. The van der Waals surface area contributed by atoms with Crippen LogP contribution < -0.4 is 10.1 Å². The largest absolute Gasteiger partial charge is 0.494 e. The lowest BCUT2D eigenvalue weighted by Crippen LogP contribution is -2.12. The van der Waals surface area contributed by atoms with Crippen LogP contribution in [0.5, 0.6) is 5.75 Å². The van der Waals surface area contributed by atoms with Crippen molar-refractivity contribution in [3.05, 3.63) is 57.1 Å². The van der Waals surface area contributed by atoms with E-state index >= 15 is 0 Å². The van der Waals surface area contributed by atoms with E-state index in [9.17, 15) is 14.9 Å². The van der Waals surface area contributed by atoms with E-state index < -0.39 is 10.8 Å². The molecular formula is C15H10ClN3O4S. The Kier molecular flexibility index (Phi) is 4.32. The summed E-state index contributed by atoms with van der Waals surface area (Å²) >= 11 is 7.03. The number of halogens is 1. The molecule has 24 heavy (non-hydrogen) atoms. The van der Waals surface area contributed by atoms with Crippen LogP contribution in [0.2, 0.25) is 5.02 Å². The lowest BCUT2D eigenvalue weighted by atomic mass is 10.2. The van der Waals surface area contributed by atoms with Gasteiger partial charge in [-0.3, -0.25) is 20.2 Å². The van der Waals surface area contributed by atoms with Crippen LogP contribution in [-0.4, -0.2) is 22.9 Å². The van der Waals surface area contributed by atoms with Crippen LogP contribution in [0.15, 0.2) is 36.4 Å². The van der Waals surface area contributed by atoms with Crippen LogP contribution in [0.3, 0.4) is 0 Å². The number of nitrogens with one attached hydrogen (secondary N) is 1.